The molecule has 8 nitrogen and oxygen atoms in total. The molecule has 1 aliphatic heterocycles. The minimum absolute atomic E-state index is 0.0285. The van der Waals surface area contributed by atoms with Crippen molar-refractivity contribution < 1.29 is 4.79 Å². The summed E-state index contributed by atoms with van der Waals surface area (Å²) in [5.41, 5.74) is 8.19. The number of aromatic nitrogens is 4. The van der Waals surface area contributed by atoms with Gasteiger partial charge in [0.1, 0.15) is 11.6 Å². The lowest BCUT2D eigenvalue weighted by atomic mass is 10.2. The summed E-state index contributed by atoms with van der Waals surface area (Å²) < 4.78 is 1.81. The van der Waals surface area contributed by atoms with Gasteiger partial charge in [0.2, 0.25) is 0 Å². The molecule has 3 heterocycles. The number of carbonyl (C=O) groups excluding carboxylic acids is 1. The number of para-hydroxylation sites is 1. The summed E-state index contributed by atoms with van der Waals surface area (Å²) in [5.74, 6) is 1.19. The van der Waals surface area contributed by atoms with Gasteiger partial charge in [0.05, 0.1) is 29.7 Å². The van der Waals surface area contributed by atoms with E-state index in [1.807, 2.05) is 53.9 Å². The van der Waals surface area contributed by atoms with Crippen molar-refractivity contribution in [2.75, 3.05) is 25.9 Å². The molecule has 0 saturated carbocycles. The minimum Gasteiger partial charge on any atom is -0.384 e. The van der Waals surface area contributed by atoms with E-state index in [2.05, 4.69) is 20.0 Å². The molecule has 3 aromatic rings. The van der Waals surface area contributed by atoms with Gasteiger partial charge in [0.15, 0.2) is 0 Å². The van der Waals surface area contributed by atoms with Gasteiger partial charge in [-0.15, -0.1) is 0 Å². The van der Waals surface area contributed by atoms with Crippen LogP contribution in [-0.4, -0.2) is 61.6 Å². The van der Waals surface area contributed by atoms with Crippen molar-refractivity contribution >= 4 is 11.7 Å². The summed E-state index contributed by atoms with van der Waals surface area (Å²) in [6, 6.07) is 11.8. The molecule has 0 unspecified atom stereocenters. The highest BCUT2D eigenvalue weighted by Gasteiger charge is 2.31. The van der Waals surface area contributed by atoms with Crippen LogP contribution < -0.4 is 5.73 Å². The number of nitrogen functional groups attached to an aromatic ring is 1. The van der Waals surface area contributed by atoms with Crippen LogP contribution in [0.1, 0.15) is 28.3 Å². The highest BCUT2D eigenvalue weighted by atomic mass is 16.2. The molecule has 2 N–H and O–H groups in total. The fourth-order valence-corrected chi connectivity index (χ4v) is 3.75. The second-order valence-corrected chi connectivity index (χ2v) is 7.40. The Morgan fingerprint density at radius 1 is 1.28 bits per heavy atom. The van der Waals surface area contributed by atoms with E-state index >= 15 is 0 Å². The molecular weight excluding hydrogens is 366 g/mol. The first kappa shape index (κ1) is 19.1. The van der Waals surface area contributed by atoms with Gasteiger partial charge in [-0.1, -0.05) is 18.2 Å². The van der Waals surface area contributed by atoms with Crippen LogP contribution >= 0.6 is 0 Å². The largest absolute Gasteiger partial charge is 0.384 e. The lowest BCUT2D eigenvalue weighted by Gasteiger charge is -2.24. The molecule has 0 aliphatic carbocycles. The number of nitrogens with two attached hydrogens (primary N) is 1. The van der Waals surface area contributed by atoms with Gasteiger partial charge >= 0.3 is 0 Å². The van der Waals surface area contributed by atoms with Crippen molar-refractivity contribution in [1.29, 1.82) is 0 Å². The Kier molecular flexibility index (Phi) is 5.26. The number of nitrogens with zero attached hydrogens (tertiary/aromatic N) is 6. The molecule has 0 bridgehead atoms. The van der Waals surface area contributed by atoms with Crippen molar-refractivity contribution in [1.82, 2.24) is 29.5 Å². The van der Waals surface area contributed by atoms with Crippen LogP contribution in [0.15, 0.2) is 48.8 Å². The third-order valence-electron chi connectivity index (χ3n) is 5.43. The van der Waals surface area contributed by atoms with Gasteiger partial charge in [0.25, 0.3) is 5.91 Å². The van der Waals surface area contributed by atoms with E-state index in [1.54, 1.807) is 18.5 Å². The summed E-state index contributed by atoms with van der Waals surface area (Å²) in [5, 5.41) is 4.43. The van der Waals surface area contributed by atoms with Crippen molar-refractivity contribution in [3.63, 3.8) is 0 Å². The fourth-order valence-electron chi connectivity index (χ4n) is 3.75. The van der Waals surface area contributed by atoms with Crippen LogP contribution in [0.25, 0.3) is 5.69 Å². The van der Waals surface area contributed by atoms with Crippen LogP contribution in [0.2, 0.25) is 0 Å². The Hall–Kier alpha value is -3.26. The summed E-state index contributed by atoms with van der Waals surface area (Å²) in [6.07, 6.45) is 4.25. The fraction of sp³-hybridized carbons (Fsp3) is 0.333. The Morgan fingerprint density at radius 3 is 2.83 bits per heavy atom. The van der Waals surface area contributed by atoms with Crippen LogP contribution in [-0.2, 0) is 6.54 Å². The van der Waals surface area contributed by atoms with Crippen LogP contribution in [0, 0.1) is 6.92 Å². The van der Waals surface area contributed by atoms with Crippen molar-refractivity contribution in [3.05, 3.63) is 65.9 Å². The highest BCUT2D eigenvalue weighted by molar-refractivity contribution is 5.95. The average molecular weight is 391 g/mol. The average Bonchev–Trinajstić information content (AvgIpc) is 3.35. The molecular formula is C21H25N7O. The summed E-state index contributed by atoms with van der Waals surface area (Å²) in [6.45, 7) is 3.93. The summed E-state index contributed by atoms with van der Waals surface area (Å²) >= 11 is 0. The molecule has 150 valence electrons. The van der Waals surface area contributed by atoms with Crippen LogP contribution in [0.4, 0.5) is 5.82 Å². The van der Waals surface area contributed by atoms with E-state index in [0.29, 0.717) is 30.3 Å². The van der Waals surface area contributed by atoms with Gasteiger partial charge in [0, 0.05) is 25.3 Å². The number of amides is 1. The second kappa shape index (κ2) is 8.00. The van der Waals surface area contributed by atoms with Crippen LogP contribution in [0.3, 0.4) is 0 Å². The lowest BCUT2D eigenvalue weighted by molar-refractivity contribution is 0.0778. The number of rotatable bonds is 5. The van der Waals surface area contributed by atoms with E-state index in [4.69, 9.17) is 5.73 Å². The maximum atomic E-state index is 13.1. The van der Waals surface area contributed by atoms with Crippen molar-refractivity contribution in [2.24, 2.45) is 0 Å². The maximum absolute atomic E-state index is 13.1. The Morgan fingerprint density at radius 2 is 2.07 bits per heavy atom. The monoisotopic (exact) mass is 391 g/mol. The molecule has 1 aliphatic rings. The quantitative estimate of drug-likeness (QED) is 0.714. The Labute approximate surface area is 170 Å². The first-order valence-electron chi connectivity index (χ1n) is 9.70. The van der Waals surface area contributed by atoms with E-state index in [0.717, 1.165) is 24.3 Å². The summed E-state index contributed by atoms with van der Waals surface area (Å²) in [7, 11) is 2.03. The van der Waals surface area contributed by atoms with E-state index in [1.165, 1.54) is 0 Å². The predicted molar refractivity (Wildman–Crippen MR) is 111 cm³/mol. The molecule has 1 amide bonds. The summed E-state index contributed by atoms with van der Waals surface area (Å²) in [4.78, 5) is 25.7. The number of likely N-dealkylation sites (N-methyl/N-ethyl adjacent to an activating group) is 1. The second-order valence-electron chi connectivity index (χ2n) is 7.40. The number of hydrogen-bond donors (Lipinski definition) is 1. The molecule has 2 aromatic heterocycles. The normalized spacial score (nSPS) is 16.5. The first-order valence-corrected chi connectivity index (χ1v) is 9.70. The Bertz CT molecular complexity index is 1000. The third kappa shape index (κ3) is 3.97. The number of anilines is 1. The topological polar surface area (TPSA) is 93.2 Å². The molecule has 1 saturated heterocycles. The number of benzene rings is 1. The maximum Gasteiger partial charge on any atom is 0.257 e. The van der Waals surface area contributed by atoms with E-state index in [9.17, 15) is 4.79 Å². The van der Waals surface area contributed by atoms with Crippen LogP contribution in [0.5, 0.6) is 0 Å². The van der Waals surface area contributed by atoms with Gasteiger partial charge in [-0.3, -0.25) is 9.69 Å². The molecule has 29 heavy (non-hydrogen) atoms. The molecule has 8 heteroatoms. The molecule has 1 aromatic carbocycles. The molecule has 1 atom stereocenters. The lowest BCUT2D eigenvalue weighted by Crippen LogP contribution is -2.36. The van der Waals surface area contributed by atoms with Crippen molar-refractivity contribution in [2.45, 2.75) is 25.9 Å². The number of likely N-dealkylation sites (tertiary alicyclic amines) is 1. The zero-order valence-electron chi connectivity index (χ0n) is 16.7. The van der Waals surface area contributed by atoms with E-state index in [-0.39, 0.29) is 11.9 Å². The third-order valence-corrected chi connectivity index (χ3v) is 5.43. The van der Waals surface area contributed by atoms with Gasteiger partial charge in [-0.25, -0.2) is 14.6 Å². The molecule has 0 radical (unpaired) electrons. The number of carbonyl (C=O) groups is 1. The first-order chi connectivity index (χ1) is 14.0. The zero-order valence-corrected chi connectivity index (χ0v) is 16.7. The highest BCUT2D eigenvalue weighted by Crippen LogP contribution is 2.21. The SMILES string of the molecule is Cc1c(C(=O)N2CC[C@H](N(C)Cc3nccc(N)n3)C2)cnn1-c1ccccc1. The zero-order chi connectivity index (χ0) is 20.4. The number of hydrogen-bond acceptors (Lipinski definition) is 6. The standard InChI is InChI=1S/C21H25N7O/c1-15-18(12-24-28(15)16-6-4-3-5-7-16)21(29)27-11-9-17(13-27)26(2)14-20-23-10-8-19(22)25-20/h3-8,10,12,17H,9,11,13-14H2,1-2H3,(H2,22,23,25)/t17-/m0/s1. The van der Waals surface area contributed by atoms with Gasteiger partial charge < -0.3 is 10.6 Å². The molecule has 1 fully saturated rings. The minimum atomic E-state index is 0.0285. The molecule has 0 spiro atoms. The predicted octanol–water partition coefficient (Wildman–Crippen LogP) is 1.90. The smallest absolute Gasteiger partial charge is 0.257 e. The van der Waals surface area contributed by atoms with E-state index < -0.39 is 0 Å². The molecule has 4 rings (SSSR count). The van der Waals surface area contributed by atoms with Gasteiger partial charge in [-0.05, 0) is 38.6 Å². The Balaban J connectivity index is 1.43. The van der Waals surface area contributed by atoms with Crippen molar-refractivity contribution in [3.8, 4) is 5.69 Å². The van der Waals surface area contributed by atoms with Gasteiger partial charge in [-0.2, -0.15) is 5.10 Å².